The molecule has 0 saturated heterocycles. The third-order valence-electron chi connectivity index (χ3n) is 4.76. The molecule has 4 rings (SSSR count). The number of rotatable bonds is 4. The summed E-state index contributed by atoms with van der Waals surface area (Å²) in [5, 5.41) is 3.72. The molecule has 3 heterocycles. The first-order chi connectivity index (χ1) is 13.8. The molecule has 0 bridgehead atoms. The molecule has 29 heavy (non-hydrogen) atoms. The Balaban J connectivity index is 1.98. The number of pyridine rings is 1. The summed E-state index contributed by atoms with van der Waals surface area (Å²) < 4.78 is 45.6. The van der Waals surface area contributed by atoms with Crippen molar-refractivity contribution in [1.82, 2.24) is 15.0 Å². The van der Waals surface area contributed by atoms with Crippen LogP contribution in [0, 0.1) is 5.82 Å². The summed E-state index contributed by atoms with van der Waals surface area (Å²) >= 11 is 0. The monoisotopic (exact) mass is 401 g/mol. The zero-order valence-electron chi connectivity index (χ0n) is 15.0. The molecule has 1 atom stereocenters. The number of amides is 1. The Bertz CT molecular complexity index is 1120. The van der Waals surface area contributed by atoms with E-state index in [9.17, 15) is 18.0 Å². The number of likely N-dealkylation sites (N-methyl/N-ethyl adjacent to an activating group) is 1. The average molecular weight is 401 g/mol. The minimum atomic E-state index is -2.85. The number of carbonyl (C=O) groups excluding carboxylic acids is 1. The molecule has 0 spiro atoms. The lowest BCUT2D eigenvalue weighted by Gasteiger charge is -2.26. The molecule has 148 valence electrons. The van der Waals surface area contributed by atoms with Crippen molar-refractivity contribution in [3.05, 3.63) is 71.5 Å². The number of nitrogens with two attached hydrogens (primary N) is 1. The highest BCUT2D eigenvalue weighted by atomic mass is 19.3. The van der Waals surface area contributed by atoms with Gasteiger partial charge in [-0.05, 0) is 35.4 Å². The number of hydrogen-bond donors (Lipinski definition) is 1. The third-order valence-corrected chi connectivity index (χ3v) is 4.76. The van der Waals surface area contributed by atoms with Gasteiger partial charge in [-0.1, -0.05) is 11.2 Å². The summed E-state index contributed by atoms with van der Waals surface area (Å²) in [7, 11) is 1.42. The van der Waals surface area contributed by atoms with Crippen molar-refractivity contribution in [1.29, 1.82) is 0 Å². The molecule has 0 saturated carbocycles. The van der Waals surface area contributed by atoms with Gasteiger partial charge in [0.1, 0.15) is 23.5 Å². The maximum absolute atomic E-state index is 14.4. The van der Waals surface area contributed by atoms with Crippen LogP contribution in [0.3, 0.4) is 0 Å². The van der Waals surface area contributed by atoms with Crippen molar-refractivity contribution in [3.8, 4) is 11.3 Å². The van der Waals surface area contributed by atoms with Gasteiger partial charge in [0.05, 0.1) is 0 Å². The number of guanidine groups is 1. The molecule has 2 aromatic heterocycles. The van der Waals surface area contributed by atoms with Crippen molar-refractivity contribution >= 4 is 11.9 Å². The van der Waals surface area contributed by atoms with Crippen LogP contribution in [-0.4, -0.2) is 34.0 Å². The van der Waals surface area contributed by atoms with Crippen LogP contribution in [0.1, 0.15) is 23.2 Å². The van der Waals surface area contributed by atoms with E-state index in [0.717, 1.165) is 23.2 Å². The molecular formula is C19H14F3N5O2. The fraction of sp³-hybridized carbons (Fsp3) is 0.158. The largest absolute Gasteiger partial charge is 0.369 e. The Labute approximate surface area is 162 Å². The number of aromatic nitrogens is 2. The van der Waals surface area contributed by atoms with Gasteiger partial charge in [0, 0.05) is 24.9 Å². The van der Waals surface area contributed by atoms with Crippen molar-refractivity contribution < 1.29 is 22.5 Å². The summed E-state index contributed by atoms with van der Waals surface area (Å²) in [6, 6.07) is 7.83. The number of benzene rings is 1. The van der Waals surface area contributed by atoms with E-state index >= 15 is 0 Å². The van der Waals surface area contributed by atoms with Crippen LogP contribution in [-0.2, 0) is 10.3 Å². The minimum absolute atomic E-state index is 0.0647. The molecule has 1 aromatic carbocycles. The second kappa shape index (κ2) is 6.73. The molecule has 2 N–H and O–H groups in total. The van der Waals surface area contributed by atoms with Crippen molar-refractivity contribution in [3.63, 3.8) is 0 Å². The molecule has 7 nitrogen and oxygen atoms in total. The van der Waals surface area contributed by atoms with Crippen LogP contribution in [0.4, 0.5) is 13.2 Å². The van der Waals surface area contributed by atoms with Gasteiger partial charge in [-0.2, -0.15) is 0 Å². The van der Waals surface area contributed by atoms with Crippen LogP contribution in [0.2, 0.25) is 0 Å². The molecule has 0 aliphatic carbocycles. The summed E-state index contributed by atoms with van der Waals surface area (Å²) in [6.07, 6.45) is -0.404. The smallest absolute Gasteiger partial charge is 0.280 e. The topological polar surface area (TPSA) is 97.6 Å². The Morgan fingerprint density at radius 3 is 2.55 bits per heavy atom. The predicted octanol–water partition coefficient (Wildman–Crippen LogP) is 2.84. The first kappa shape index (κ1) is 18.7. The van der Waals surface area contributed by atoms with Gasteiger partial charge in [-0.3, -0.25) is 14.7 Å². The van der Waals surface area contributed by atoms with Crippen LogP contribution < -0.4 is 5.73 Å². The van der Waals surface area contributed by atoms with E-state index in [1.165, 1.54) is 37.6 Å². The lowest BCUT2D eigenvalue weighted by Crippen LogP contribution is -2.41. The summed E-state index contributed by atoms with van der Waals surface area (Å²) in [6.45, 7) is 0. The minimum Gasteiger partial charge on any atom is -0.369 e. The fourth-order valence-electron chi connectivity index (χ4n) is 3.27. The van der Waals surface area contributed by atoms with Crippen molar-refractivity contribution in [2.75, 3.05) is 7.05 Å². The number of halogens is 3. The SMILES string of the molecule is CN1C(=O)C(c2ccnc(C(F)F)c2)(c2ccc(F)c(-c3ccon3)c2)N=C1N. The van der Waals surface area contributed by atoms with Gasteiger partial charge in [-0.25, -0.2) is 18.2 Å². The van der Waals surface area contributed by atoms with Crippen molar-refractivity contribution in [2.24, 2.45) is 10.7 Å². The standard InChI is InChI=1S/C19H14F3N5O2/c1-27-17(28)19(25-18(27)23,11-4-6-24-15(9-11)16(21)22)10-2-3-13(20)12(8-10)14-5-7-29-26-14/h2-9,16H,1H3,(H2,23,25). The summed E-state index contributed by atoms with van der Waals surface area (Å²) in [5.74, 6) is -1.27. The van der Waals surface area contributed by atoms with E-state index in [1.54, 1.807) is 0 Å². The second-order valence-electron chi connectivity index (χ2n) is 6.39. The molecule has 10 heteroatoms. The molecule has 1 aliphatic rings. The second-order valence-corrected chi connectivity index (χ2v) is 6.39. The first-order valence-corrected chi connectivity index (χ1v) is 8.43. The van der Waals surface area contributed by atoms with Gasteiger partial charge in [0.15, 0.2) is 11.5 Å². The summed E-state index contributed by atoms with van der Waals surface area (Å²) in [5.41, 5.74) is 4.23. The number of alkyl halides is 2. The lowest BCUT2D eigenvalue weighted by molar-refractivity contribution is -0.129. The van der Waals surface area contributed by atoms with Crippen LogP contribution >= 0.6 is 0 Å². The number of carbonyl (C=O) groups is 1. The molecule has 1 amide bonds. The van der Waals surface area contributed by atoms with Crippen LogP contribution in [0.25, 0.3) is 11.3 Å². The summed E-state index contributed by atoms with van der Waals surface area (Å²) in [4.78, 5) is 22.3. The van der Waals surface area contributed by atoms with Gasteiger partial charge < -0.3 is 10.3 Å². The van der Waals surface area contributed by atoms with Crippen LogP contribution in [0.15, 0.2) is 58.4 Å². The predicted molar refractivity (Wildman–Crippen MR) is 96.3 cm³/mol. The molecule has 0 radical (unpaired) electrons. The van der Waals surface area contributed by atoms with E-state index in [1.807, 2.05) is 0 Å². The van der Waals surface area contributed by atoms with E-state index in [0.29, 0.717) is 0 Å². The highest BCUT2D eigenvalue weighted by Gasteiger charge is 2.50. The van der Waals surface area contributed by atoms with E-state index in [2.05, 4.69) is 15.1 Å². The van der Waals surface area contributed by atoms with Gasteiger partial charge >= 0.3 is 0 Å². The molecule has 1 unspecified atom stereocenters. The normalized spacial score (nSPS) is 19.1. The quantitative estimate of drug-likeness (QED) is 0.725. The zero-order chi connectivity index (χ0) is 20.8. The van der Waals surface area contributed by atoms with E-state index in [-0.39, 0.29) is 28.3 Å². The third kappa shape index (κ3) is 2.84. The van der Waals surface area contributed by atoms with E-state index in [4.69, 9.17) is 10.3 Å². The maximum atomic E-state index is 14.4. The number of aliphatic imine (C=N–C) groups is 1. The van der Waals surface area contributed by atoms with Gasteiger partial charge in [0.2, 0.25) is 0 Å². The van der Waals surface area contributed by atoms with Crippen molar-refractivity contribution in [2.45, 2.75) is 12.0 Å². The van der Waals surface area contributed by atoms with Crippen LogP contribution in [0.5, 0.6) is 0 Å². The Kier molecular flexibility index (Phi) is 4.33. The Morgan fingerprint density at radius 2 is 1.93 bits per heavy atom. The highest BCUT2D eigenvalue weighted by Crippen LogP contribution is 2.41. The number of hydrogen-bond acceptors (Lipinski definition) is 6. The molecule has 3 aromatic rings. The average Bonchev–Trinajstić information content (AvgIpc) is 3.32. The lowest BCUT2D eigenvalue weighted by atomic mass is 9.82. The molecule has 1 aliphatic heterocycles. The Hall–Kier alpha value is -3.69. The number of nitrogens with zero attached hydrogens (tertiary/aromatic N) is 4. The molecule has 0 fully saturated rings. The molecular weight excluding hydrogens is 387 g/mol. The fourth-order valence-corrected chi connectivity index (χ4v) is 3.27. The first-order valence-electron chi connectivity index (χ1n) is 8.43. The van der Waals surface area contributed by atoms with Gasteiger partial charge in [-0.15, -0.1) is 0 Å². The highest BCUT2D eigenvalue weighted by molar-refractivity contribution is 6.09. The Morgan fingerprint density at radius 1 is 1.17 bits per heavy atom. The van der Waals surface area contributed by atoms with Gasteiger partial charge in [0.25, 0.3) is 12.3 Å². The maximum Gasteiger partial charge on any atom is 0.280 e. The van der Waals surface area contributed by atoms with E-state index < -0.39 is 29.4 Å². The zero-order valence-corrected chi connectivity index (χ0v) is 15.0.